The fourth-order valence-corrected chi connectivity index (χ4v) is 2.62. The molecule has 84 valence electrons. The van der Waals surface area contributed by atoms with Gasteiger partial charge in [-0.3, -0.25) is 4.79 Å². The maximum atomic E-state index is 12.1. The summed E-state index contributed by atoms with van der Waals surface area (Å²) < 4.78 is 6.05. The van der Waals surface area contributed by atoms with Crippen LogP contribution in [0, 0.1) is 0 Å². The number of hydrogen-bond acceptors (Lipinski definition) is 3. The van der Waals surface area contributed by atoms with Gasteiger partial charge in [-0.2, -0.15) is 0 Å². The van der Waals surface area contributed by atoms with Crippen molar-refractivity contribution < 1.29 is 9.53 Å². The molecule has 16 heavy (non-hydrogen) atoms. The normalized spacial score (nSPS) is 28.6. The zero-order valence-electron chi connectivity index (χ0n) is 9.16. The number of fused-ring (bicyclic) bond motifs is 1. The van der Waals surface area contributed by atoms with E-state index in [0.717, 1.165) is 37.2 Å². The number of piperidine rings is 1. The van der Waals surface area contributed by atoms with Crippen molar-refractivity contribution in [2.75, 3.05) is 13.1 Å². The topological polar surface area (TPSA) is 38.3 Å². The smallest absolute Gasteiger partial charge is 0.170 e. The minimum absolute atomic E-state index is 0.213. The lowest BCUT2D eigenvalue weighted by Gasteiger charge is -2.40. The Morgan fingerprint density at radius 3 is 3.00 bits per heavy atom. The number of Topliss-reactive ketones (excluding diaryl/α,β-unsaturated/α-hetero) is 1. The zero-order chi connectivity index (χ0) is 11.0. The van der Waals surface area contributed by atoms with E-state index in [1.54, 1.807) is 0 Å². The highest BCUT2D eigenvalue weighted by atomic mass is 16.5. The van der Waals surface area contributed by atoms with Gasteiger partial charge >= 0.3 is 0 Å². The molecule has 2 aliphatic rings. The number of carbonyl (C=O) groups is 1. The van der Waals surface area contributed by atoms with E-state index in [9.17, 15) is 4.79 Å². The van der Waals surface area contributed by atoms with Crippen LogP contribution in [-0.4, -0.2) is 24.5 Å². The van der Waals surface area contributed by atoms with E-state index >= 15 is 0 Å². The first kappa shape index (κ1) is 9.85. The lowest BCUT2D eigenvalue weighted by molar-refractivity contribution is 0.0234. The van der Waals surface area contributed by atoms with Crippen LogP contribution < -0.4 is 10.1 Å². The average molecular weight is 217 g/mol. The lowest BCUT2D eigenvalue weighted by Crippen LogP contribution is -2.53. The second kappa shape index (κ2) is 3.59. The minimum atomic E-state index is -0.288. The Morgan fingerprint density at radius 1 is 1.31 bits per heavy atom. The van der Waals surface area contributed by atoms with E-state index in [1.807, 2.05) is 24.3 Å². The first-order valence-corrected chi connectivity index (χ1v) is 5.81. The molecular formula is C13H15NO2. The summed E-state index contributed by atoms with van der Waals surface area (Å²) >= 11 is 0. The van der Waals surface area contributed by atoms with Crippen molar-refractivity contribution in [3.63, 3.8) is 0 Å². The van der Waals surface area contributed by atoms with Crippen molar-refractivity contribution in [2.24, 2.45) is 0 Å². The molecule has 1 atom stereocenters. The van der Waals surface area contributed by atoms with Crippen LogP contribution in [-0.2, 0) is 0 Å². The number of rotatable bonds is 0. The van der Waals surface area contributed by atoms with Crippen LogP contribution in [0.3, 0.4) is 0 Å². The first-order valence-electron chi connectivity index (χ1n) is 5.81. The predicted octanol–water partition coefficient (Wildman–Crippen LogP) is 1.77. The van der Waals surface area contributed by atoms with Gasteiger partial charge in [-0.25, -0.2) is 0 Å². The van der Waals surface area contributed by atoms with Gasteiger partial charge in [0.15, 0.2) is 5.78 Å². The number of nitrogens with one attached hydrogen (secondary N) is 1. The summed E-state index contributed by atoms with van der Waals surface area (Å²) in [6.07, 6.45) is 2.56. The Bertz CT molecular complexity index is 422. The molecule has 1 saturated heterocycles. The SMILES string of the molecule is O=C1C[C@@]2(CCCNC2)Oc2ccccc21. The lowest BCUT2D eigenvalue weighted by atomic mass is 9.84. The molecule has 0 aliphatic carbocycles. The second-order valence-corrected chi connectivity index (χ2v) is 4.66. The van der Waals surface area contributed by atoms with E-state index in [4.69, 9.17) is 4.74 Å². The number of hydrogen-bond donors (Lipinski definition) is 1. The van der Waals surface area contributed by atoms with Crippen LogP contribution in [0.5, 0.6) is 5.75 Å². The van der Waals surface area contributed by atoms with Gasteiger partial charge in [-0.05, 0) is 31.5 Å². The van der Waals surface area contributed by atoms with Gasteiger partial charge in [0.1, 0.15) is 11.4 Å². The van der Waals surface area contributed by atoms with Gasteiger partial charge in [0.2, 0.25) is 0 Å². The first-order chi connectivity index (χ1) is 7.79. The van der Waals surface area contributed by atoms with E-state index < -0.39 is 0 Å². The number of carbonyl (C=O) groups excluding carboxylic acids is 1. The molecule has 0 radical (unpaired) electrons. The summed E-state index contributed by atoms with van der Waals surface area (Å²) in [5, 5.41) is 3.32. The maximum Gasteiger partial charge on any atom is 0.170 e. The molecular weight excluding hydrogens is 202 g/mol. The Hall–Kier alpha value is -1.35. The van der Waals surface area contributed by atoms with Crippen molar-refractivity contribution in [1.29, 1.82) is 0 Å². The Morgan fingerprint density at radius 2 is 2.19 bits per heavy atom. The highest BCUT2D eigenvalue weighted by Gasteiger charge is 2.41. The predicted molar refractivity (Wildman–Crippen MR) is 60.9 cm³/mol. The maximum absolute atomic E-state index is 12.1. The third-order valence-corrected chi connectivity index (χ3v) is 3.43. The second-order valence-electron chi connectivity index (χ2n) is 4.66. The molecule has 2 aliphatic heterocycles. The number of para-hydroxylation sites is 1. The summed E-state index contributed by atoms with van der Waals surface area (Å²) in [7, 11) is 0. The third kappa shape index (κ3) is 1.52. The van der Waals surface area contributed by atoms with Crippen LogP contribution in [0.2, 0.25) is 0 Å². The molecule has 2 heterocycles. The monoisotopic (exact) mass is 217 g/mol. The largest absolute Gasteiger partial charge is 0.485 e. The van der Waals surface area contributed by atoms with Crippen molar-refractivity contribution in [2.45, 2.75) is 24.9 Å². The van der Waals surface area contributed by atoms with Gasteiger partial charge in [0.05, 0.1) is 12.0 Å². The highest BCUT2D eigenvalue weighted by molar-refractivity contribution is 6.00. The number of benzene rings is 1. The summed E-state index contributed by atoms with van der Waals surface area (Å²) in [4.78, 5) is 12.1. The van der Waals surface area contributed by atoms with Gasteiger partial charge < -0.3 is 10.1 Å². The molecule has 1 spiro atoms. The van der Waals surface area contributed by atoms with Crippen molar-refractivity contribution in [3.05, 3.63) is 29.8 Å². The third-order valence-electron chi connectivity index (χ3n) is 3.43. The molecule has 1 fully saturated rings. The summed E-state index contributed by atoms with van der Waals surface area (Å²) in [6, 6.07) is 7.54. The van der Waals surface area contributed by atoms with Crippen LogP contribution >= 0.6 is 0 Å². The number of ether oxygens (including phenoxy) is 1. The quantitative estimate of drug-likeness (QED) is 0.719. The number of ketones is 1. The van der Waals surface area contributed by atoms with Crippen LogP contribution in [0.4, 0.5) is 0 Å². The van der Waals surface area contributed by atoms with Gasteiger partial charge in [0, 0.05) is 6.54 Å². The molecule has 0 aromatic heterocycles. The molecule has 1 N–H and O–H groups in total. The van der Waals surface area contributed by atoms with Gasteiger partial charge in [-0.1, -0.05) is 12.1 Å². The minimum Gasteiger partial charge on any atom is -0.485 e. The van der Waals surface area contributed by atoms with E-state index in [1.165, 1.54) is 0 Å². The van der Waals surface area contributed by atoms with Crippen LogP contribution in [0.25, 0.3) is 0 Å². The van der Waals surface area contributed by atoms with Crippen molar-refractivity contribution in [1.82, 2.24) is 5.32 Å². The Kier molecular flexibility index (Phi) is 2.21. The summed E-state index contributed by atoms with van der Waals surface area (Å²) in [5.41, 5.74) is 0.447. The Labute approximate surface area is 94.8 Å². The van der Waals surface area contributed by atoms with E-state index in [0.29, 0.717) is 6.42 Å². The molecule has 0 amide bonds. The average Bonchev–Trinajstić information content (AvgIpc) is 2.30. The summed E-state index contributed by atoms with van der Waals surface area (Å²) in [6.45, 7) is 1.81. The molecule has 3 rings (SSSR count). The van der Waals surface area contributed by atoms with Crippen LogP contribution in [0.15, 0.2) is 24.3 Å². The molecule has 0 saturated carbocycles. The zero-order valence-corrected chi connectivity index (χ0v) is 9.16. The highest BCUT2D eigenvalue weighted by Crippen LogP contribution is 2.36. The van der Waals surface area contributed by atoms with E-state index in [-0.39, 0.29) is 11.4 Å². The fourth-order valence-electron chi connectivity index (χ4n) is 2.62. The van der Waals surface area contributed by atoms with Crippen molar-refractivity contribution in [3.8, 4) is 5.75 Å². The molecule has 0 bridgehead atoms. The Balaban J connectivity index is 1.96. The van der Waals surface area contributed by atoms with Crippen LogP contribution in [0.1, 0.15) is 29.6 Å². The molecule has 1 aromatic carbocycles. The van der Waals surface area contributed by atoms with Crippen molar-refractivity contribution >= 4 is 5.78 Å². The molecule has 3 nitrogen and oxygen atoms in total. The van der Waals surface area contributed by atoms with E-state index in [2.05, 4.69) is 5.32 Å². The molecule has 3 heteroatoms. The molecule has 1 aromatic rings. The fraction of sp³-hybridized carbons (Fsp3) is 0.462. The standard InChI is InChI=1S/C13H15NO2/c15-11-8-13(6-3-7-14-9-13)16-12-5-2-1-4-10(11)12/h1-2,4-5,14H,3,6-9H2/t13-/m1/s1. The van der Waals surface area contributed by atoms with Gasteiger partial charge in [0.25, 0.3) is 0 Å². The molecule has 0 unspecified atom stereocenters. The van der Waals surface area contributed by atoms with Gasteiger partial charge in [-0.15, -0.1) is 0 Å². The summed E-state index contributed by atoms with van der Waals surface area (Å²) in [5.74, 6) is 0.966.